The molecule has 26 heavy (non-hydrogen) atoms. The molecule has 0 aromatic heterocycles. The van der Waals surface area contributed by atoms with Crippen molar-refractivity contribution in [3.8, 4) is 0 Å². The third-order valence-corrected chi connectivity index (χ3v) is 5.07. The Morgan fingerprint density at radius 3 is 2.58 bits per heavy atom. The lowest BCUT2D eigenvalue weighted by Gasteiger charge is -2.48. The molecule has 0 spiro atoms. The highest BCUT2D eigenvalue weighted by molar-refractivity contribution is 5.88. The fourth-order valence-electron chi connectivity index (χ4n) is 3.87. The third kappa shape index (κ3) is 3.56. The molecule has 0 aromatic carbocycles. The Morgan fingerprint density at radius 1 is 1.27 bits per heavy atom. The van der Waals surface area contributed by atoms with Gasteiger partial charge >= 0.3 is 12.1 Å². The van der Waals surface area contributed by atoms with Crippen molar-refractivity contribution in [1.29, 1.82) is 0 Å². The van der Waals surface area contributed by atoms with Crippen molar-refractivity contribution < 1.29 is 29.2 Å². The molecular weight excluding hydrogens is 344 g/mol. The quantitative estimate of drug-likeness (QED) is 0.367. The van der Waals surface area contributed by atoms with Crippen LogP contribution in [0.3, 0.4) is 0 Å². The minimum absolute atomic E-state index is 0.0401. The average molecular weight is 370 g/mol. The molecule has 4 unspecified atom stereocenters. The fraction of sp³-hybridized carbons (Fsp3) is 0.812. The first-order valence-electron chi connectivity index (χ1n) is 8.86. The van der Waals surface area contributed by atoms with Crippen LogP contribution in [0.15, 0.2) is 0 Å². The Bertz CT molecular complexity index is 592. The smallest absolute Gasteiger partial charge is 0.407 e. The van der Waals surface area contributed by atoms with Gasteiger partial charge in [-0.05, 0) is 45.4 Å². The van der Waals surface area contributed by atoms with Crippen molar-refractivity contribution in [2.45, 2.75) is 51.3 Å². The molecular formula is C16H26N4O6. The largest absolute Gasteiger partial charge is 0.444 e. The van der Waals surface area contributed by atoms with Crippen molar-refractivity contribution >= 4 is 18.0 Å². The molecule has 2 aliphatic heterocycles. The zero-order chi connectivity index (χ0) is 19.1. The molecule has 2 bridgehead atoms. The monoisotopic (exact) mass is 370 g/mol. The molecule has 3 rings (SSSR count). The van der Waals surface area contributed by atoms with Gasteiger partial charge in [0.25, 0.3) is 5.91 Å². The number of nitrogens with one attached hydrogen (secondary N) is 2. The summed E-state index contributed by atoms with van der Waals surface area (Å²) in [7, 11) is 0. The van der Waals surface area contributed by atoms with E-state index in [0.29, 0.717) is 6.54 Å². The second-order valence-corrected chi connectivity index (χ2v) is 7.94. The Labute approximate surface area is 151 Å². The SMILES string of the molecule is CC(C)(C)OC(=O)NCCONC(=O)C1C2CCC2C2CN1C(=O)N2O. The second kappa shape index (κ2) is 6.92. The van der Waals surface area contributed by atoms with Crippen molar-refractivity contribution in [3.05, 3.63) is 0 Å². The van der Waals surface area contributed by atoms with Gasteiger partial charge in [0.05, 0.1) is 12.6 Å². The van der Waals surface area contributed by atoms with Crippen LogP contribution in [0.1, 0.15) is 33.6 Å². The van der Waals surface area contributed by atoms with Crippen molar-refractivity contribution in [2.24, 2.45) is 11.8 Å². The number of carbonyl (C=O) groups excluding carboxylic acids is 3. The maximum absolute atomic E-state index is 12.5. The minimum atomic E-state index is -0.631. The van der Waals surface area contributed by atoms with Gasteiger partial charge < -0.3 is 15.0 Å². The molecule has 2 heterocycles. The topological polar surface area (TPSA) is 120 Å². The van der Waals surface area contributed by atoms with Gasteiger partial charge in [-0.3, -0.25) is 14.8 Å². The van der Waals surface area contributed by atoms with Gasteiger partial charge in [-0.2, -0.15) is 0 Å². The van der Waals surface area contributed by atoms with Crippen LogP contribution in [0.25, 0.3) is 0 Å². The Morgan fingerprint density at radius 2 is 1.96 bits per heavy atom. The van der Waals surface area contributed by atoms with Crippen LogP contribution in [-0.4, -0.2) is 70.6 Å². The summed E-state index contributed by atoms with van der Waals surface area (Å²) in [6.07, 6.45) is 1.18. The number of nitrogens with zero attached hydrogens (tertiary/aromatic N) is 2. The first kappa shape index (κ1) is 18.7. The number of rotatable bonds is 5. The zero-order valence-electron chi connectivity index (χ0n) is 15.2. The molecule has 4 amide bonds. The van der Waals surface area contributed by atoms with E-state index >= 15 is 0 Å². The van der Waals surface area contributed by atoms with Crippen LogP contribution in [0, 0.1) is 11.8 Å². The summed E-state index contributed by atoms with van der Waals surface area (Å²) in [4.78, 5) is 42.6. The number of piperidine rings is 1. The first-order chi connectivity index (χ1) is 12.2. The molecule has 3 N–H and O–H groups in total. The zero-order valence-corrected chi connectivity index (χ0v) is 15.2. The first-order valence-corrected chi connectivity index (χ1v) is 8.86. The van der Waals surface area contributed by atoms with Crippen LogP contribution in [0.2, 0.25) is 0 Å². The normalized spacial score (nSPS) is 29.8. The summed E-state index contributed by atoms with van der Waals surface area (Å²) < 4.78 is 5.08. The summed E-state index contributed by atoms with van der Waals surface area (Å²) >= 11 is 0. The van der Waals surface area contributed by atoms with Crippen molar-refractivity contribution in [3.63, 3.8) is 0 Å². The van der Waals surface area contributed by atoms with Gasteiger partial charge in [0.2, 0.25) is 0 Å². The third-order valence-electron chi connectivity index (χ3n) is 5.07. The van der Waals surface area contributed by atoms with Crippen LogP contribution in [-0.2, 0) is 14.4 Å². The van der Waals surface area contributed by atoms with Crippen LogP contribution in [0.4, 0.5) is 9.59 Å². The lowest BCUT2D eigenvalue weighted by molar-refractivity contribution is -0.147. The van der Waals surface area contributed by atoms with Gasteiger partial charge in [-0.15, -0.1) is 0 Å². The van der Waals surface area contributed by atoms with E-state index in [4.69, 9.17) is 9.57 Å². The van der Waals surface area contributed by atoms with E-state index in [1.807, 2.05) is 0 Å². The van der Waals surface area contributed by atoms with Gasteiger partial charge in [0, 0.05) is 13.1 Å². The van der Waals surface area contributed by atoms with Crippen molar-refractivity contribution in [1.82, 2.24) is 20.8 Å². The predicted molar refractivity (Wildman–Crippen MR) is 87.8 cm³/mol. The minimum Gasteiger partial charge on any atom is -0.444 e. The van der Waals surface area contributed by atoms with Gasteiger partial charge in [0.15, 0.2) is 0 Å². The molecule has 1 aliphatic carbocycles. The summed E-state index contributed by atoms with van der Waals surface area (Å²) in [6, 6.07) is -1.38. The van der Waals surface area contributed by atoms with E-state index in [1.165, 1.54) is 4.90 Å². The average Bonchev–Trinajstić information content (AvgIpc) is 2.75. The Hall–Kier alpha value is -2.07. The van der Waals surface area contributed by atoms with E-state index in [0.717, 1.165) is 17.9 Å². The van der Waals surface area contributed by atoms with E-state index in [1.54, 1.807) is 20.8 Å². The molecule has 0 radical (unpaired) electrons. The highest BCUT2D eigenvalue weighted by atomic mass is 16.7. The number of alkyl carbamates (subject to hydrolysis) is 1. The summed E-state index contributed by atoms with van der Waals surface area (Å²) in [6.45, 7) is 5.88. The number of fused-ring (bicyclic) bond motifs is 4. The van der Waals surface area contributed by atoms with Crippen LogP contribution >= 0.6 is 0 Å². The highest BCUT2D eigenvalue weighted by Crippen LogP contribution is 2.48. The summed E-state index contributed by atoms with van der Waals surface area (Å²) in [5, 5.41) is 13.2. The number of hydroxylamine groups is 3. The fourth-order valence-corrected chi connectivity index (χ4v) is 3.87. The number of carbonyl (C=O) groups is 3. The lowest BCUT2D eigenvalue weighted by atomic mass is 9.64. The number of amides is 4. The molecule has 146 valence electrons. The Balaban J connectivity index is 1.43. The molecule has 4 atom stereocenters. The maximum Gasteiger partial charge on any atom is 0.407 e. The standard InChI is InChI=1S/C16H26N4O6/c1-16(2,3)26-14(22)17-6-7-25-18-13(21)12-10-5-4-9(10)11-8-19(12)15(23)20(11)24/h9-12,24H,4-8H2,1-3H3,(H,17,22)(H,18,21). The molecule has 2 saturated heterocycles. The highest BCUT2D eigenvalue weighted by Gasteiger charge is 2.59. The number of hydrogen-bond donors (Lipinski definition) is 3. The molecule has 1 saturated carbocycles. The summed E-state index contributed by atoms with van der Waals surface area (Å²) in [5.41, 5.74) is 1.77. The molecule has 0 aromatic rings. The predicted octanol–water partition coefficient (Wildman–Crippen LogP) is 0.463. The van der Waals surface area contributed by atoms with Gasteiger partial charge in [-0.25, -0.2) is 20.1 Å². The number of ether oxygens (including phenoxy) is 1. The maximum atomic E-state index is 12.5. The van der Waals surface area contributed by atoms with Gasteiger partial charge in [0.1, 0.15) is 11.6 Å². The molecule has 10 nitrogen and oxygen atoms in total. The molecule has 10 heteroatoms. The number of urea groups is 1. The van der Waals surface area contributed by atoms with Gasteiger partial charge in [-0.1, -0.05) is 0 Å². The molecule has 3 aliphatic rings. The van der Waals surface area contributed by atoms with E-state index < -0.39 is 29.7 Å². The van der Waals surface area contributed by atoms with E-state index in [-0.39, 0.29) is 31.0 Å². The summed E-state index contributed by atoms with van der Waals surface area (Å²) in [5.74, 6) is -0.218. The van der Waals surface area contributed by atoms with Crippen LogP contribution in [0.5, 0.6) is 0 Å². The van der Waals surface area contributed by atoms with Crippen molar-refractivity contribution in [2.75, 3.05) is 19.7 Å². The van der Waals surface area contributed by atoms with E-state index in [2.05, 4.69) is 10.8 Å². The lowest BCUT2D eigenvalue weighted by Crippen LogP contribution is -2.60. The second-order valence-electron chi connectivity index (χ2n) is 7.94. The Kier molecular flexibility index (Phi) is 4.98. The molecule has 3 fully saturated rings. The van der Waals surface area contributed by atoms with Crippen LogP contribution < -0.4 is 10.8 Å². The number of hydrogen-bond acceptors (Lipinski definition) is 6. The van der Waals surface area contributed by atoms with E-state index in [9.17, 15) is 19.6 Å².